The molecule has 0 radical (unpaired) electrons. The van der Waals surface area contributed by atoms with Gasteiger partial charge in [-0.15, -0.1) is 0 Å². The molecule has 2 heterocycles. The normalized spacial score (nSPS) is 10.4. The summed E-state index contributed by atoms with van der Waals surface area (Å²) in [5, 5.41) is 0. The molecule has 0 saturated heterocycles. The molecule has 0 bridgehead atoms. The molecular formula is C16H11BrN2O. The van der Waals surface area contributed by atoms with Gasteiger partial charge in [0.2, 0.25) is 0 Å². The third-order valence-corrected chi connectivity index (χ3v) is 3.65. The van der Waals surface area contributed by atoms with E-state index in [2.05, 4.69) is 20.9 Å². The minimum absolute atomic E-state index is 0.0726. The number of aromatic nitrogens is 2. The Morgan fingerprint density at radius 3 is 2.50 bits per heavy atom. The quantitative estimate of drug-likeness (QED) is 0.720. The van der Waals surface area contributed by atoms with Gasteiger partial charge in [0.25, 0.3) is 5.56 Å². The fourth-order valence-electron chi connectivity index (χ4n) is 2.01. The van der Waals surface area contributed by atoms with Crippen molar-refractivity contribution < 1.29 is 0 Å². The second kappa shape index (κ2) is 5.43. The second-order valence-corrected chi connectivity index (χ2v) is 5.15. The van der Waals surface area contributed by atoms with Gasteiger partial charge < -0.3 is 0 Å². The van der Waals surface area contributed by atoms with Crippen LogP contribution in [-0.2, 0) is 0 Å². The van der Waals surface area contributed by atoms with Crippen molar-refractivity contribution in [3.63, 3.8) is 0 Å². The van der Waals surface area contributed by atoms with Crippen LogP contribution in [0, 0.1) is 0 Å². The first-order valence-corrected chi connectivity index (χ1v) is 6.94. The Kier molecular flexibility index (Phi) is 3.48. The van der Waals surface area contributed by atoms with Gasteiger partial charge in [-0.25, -0.2) is 0 Å². The van der Waals surface area contributed by atoms with Crippen LogP contribution in [0.4, 0.5) is 0 Å². The standard InChI is InChI=1S/C16H11BrN2O/c17-13-5-1-2-7-15(13)19-11-12(8-9-16(19)20)14-6-3-4-10-18-14/h1-11H. The van der Waals surface area contributed by atoms with Crippen LogP contribution in [-0.4, -0.2) is 9.55 Å². The summed E-state index contributed by atoms with van der Waals surface area (Å²) in [6.07, 6.45) is 3.55. The Bertz CT molecular complexity index is 797. The third-order valence-electron chi connectivity index (χ3n) is 2.98. The van der Waals surface area contributed by atoms with Gasteiger partial charge in [-0.1, -0.05) is 18.2 Å². The maximum absolute atomic E-state index is 12.1. The van der Waals surface area contributed by atoms with Crippen molar-refractivity contribution in [2.45, 2.75) is 0 Å². The number of hydrogen-bond acceptors (Lipinski definition) is 2. The van der Waals surface area contributed by atoms with Crippen molar-refractivity contribution in [2.24, 2.45) is 0 Å². The average Bonchev–Trinajstić information content (AvgIpc) is 2.49. The maximum Gasteiger partial charge on any atom is 0.255 e. The lowest BCUT2D eigenvalue weighted by Gasteiger charge is -2.09. The average molecular weight is 327 g/mol. The van der Waals surface area contributed by atoms with E-state index in [4.69, 9.17) is 0 Å². The van der Waals surface area contributed by atoms with E-state index < -0.39 is 0 Å². The van der Waals surface area contributed by atoms with E-state index in [1.54, 1.807) is 22.9 Å². The molecule has 0 N–H and O–H groups in total. The summed E-state index contributed by atoms with van der Waals surface area (Å²) in [7, 11) is 0. The van der Waals surface area contributed by atoms with Gasteiger partial charge in [0, 0.05) is 28.5 Å². The Hall–Kier alpha value is -2.20. The van der Waals surface area contributed by atoms with E-state index in [1.807, 2.05) is 48.7 Å². The molecule has 0 aliphatic heterocycles. The van der Waals surface area contributed by atoms with Crippen molar-refractivity contribution in [1.82, 2.24) is 9.55 Å². The van der Waals surface area contributed by atoms with Gasteiger partial charge in [0.1, 0.15) is 0 Å². The van der Waals surface area contributed by atoms with Crippen molar-refractivity contribution in [3.05, 3.63) is 81.8 Å². The van der Waals surface area contributed by atoms with Crippen LogP contribution in [0.3, 0.4) is 0 Å². The minimum atomic E-state index is -0.0726. The van der Waals surface area contributed by atoms with Crippen molar-refractivity contribution in [3.8, 4) is 16.9 Å². The van der Waals surface area contributed by atoms with E-state index in [-0.39, 0.29) is 5.56 Å². The van der Waals surface area contributed by atoms with Gasteiger partial charge in [0.15, 0.2) is 0 Å². The molecule has 3 nitrogen and oxygen atoms in total. The van der Waals surface area contributed by atoms with Crippen LogP contribution in [0.2, 0.25) is 0 Å². The summed E-state index contributed by atoms with van der Waals surface area (Å²) < 4.78 is 2.49. The van der Waals surface area contributed by atoms with Crippen LogP contribution < -0.4 is 5.56 Å². The smallest absolute Gasteiger partial charge is 0.255 e. The fraction of sp³-hybridized carbons (Fsp3) is 0. The van der Waals surface area contributed by atoms with E-state index in [0.717, 1.165) is 21.4 Å². The summed E-state index contributed by atoms with van der Waals surface area (Å²) in [4.78, 5) is 16.4. The lowest BCUT2D eigenvalue weighted by atomic mass is 10.2. The highest BCUT2D eigenvalue weighted by Crippen LogP contribution is 2.21. The number of para-hydroxylation sites is 1. The first-order chi connectivity index (χ1) is 9.75. The largest absolute Gasteiger partial charge is 0.282 e. The molecule has 0 aliphatic carbocycles. The van der Waals surface area contributed by atoms with Crippen LogP contribution in [0.1, 0.15) is 0 Å². The van der Waals surface area contributed by atoms with Crippen molar-refractivity contribution >= 4 is 15.9 Å². The zero-order valence-electron chi connectivity index (χ0n) is 10.5. The molecule has 0 unspecified atom stereocenters. The Morgan fingerprint density at radius 1 is 0.950 bits per heavy atom. The molecule has 0 amide bonds. The second-order valence-electron chi connectivity index (χ2n) is 4.29. The molecule has 3 aromatic rings. The monoisotopic (exact) mass is 326 g/mol. The minimum Gasteiger partial charge on any atom is -0.282 e. The van der Waals surface area contributed by atoms with Gasteiger partial charge in [-0.3, -0.25) is 14.3 Å². The lowest BCUT2D eigenvalue weighted by molar-refractivity contribution is 0.984. The summed E-state index contributed by atoms with van der Waals surface area (Å²) >= 11 is 3.47. The fourth-order valence-corrected chi connectivity index (χ4v) is 2.48. The zero-order chi connectivity index (χ0) is 13.9. The van der Waals surface area contributed by atoms with E-state index in [1.165, 1.54) is 0 Å². The SMILES string of the molecule is O=c1ccc(-c2ccccn2)cn1-c1ccccc1Br. The highest BCUT2D eigenvalue weighted by atomic mass is 79.9. The Morgan fingerprint density at radius 2 is 1.75 bits per heavy atom. The highest BCUT2D eigenvalue weighted by Gasteiger charge is 2.06. The number of pyridine rings is 2. The molecule has 1 aromatic carbocycles. The Balaban J connectivity index is 2.18. The van der Waals surface area contributed by atoms with E-state index in [9.17, 15) is 4.79 Å². The van der Waals surface area contributed by atoms with E-state index >= 15 is 0 Å². The number of halogens is 1. The molecule has 0 atom stereocenters. The maximum atomic E-state index is 12.1. The first-order valence-electron chi connectivity index (χ1n) is 6.15. The van der Waals surface area contributed by atoms with Gasteiger partial charge in [-0.2, -0.15) is 0 Å². The van der Waals surface area contributed by atoms with Gasteiger partial charge in [0.05, 0.1) is 11.4 Å². The predicted molar refractivity (Wildman–Crippen MR) is 83.0 cm³/mol. The number of rotatable bonds is 2. The number of benzene rings is 1. The van der Waals surface area contributed by atoms with Crippen LogP contribution >= 0.6 is 15.9 Å². The summed E-state index contributed by atoms with van der Waals surface area (Å²) in [5.74, 6) is 0. The van der Waals surface area contributed by atoms with Crippen LogP contribution in [0.25, 0.3) is 16.9 Å². The molecule has 0 spiro atoms. The molecule has 3 rings (SSSR count). The molecule has 0 fully saturated rings. The van der Waals surface area contributed by atoms with Crippen molar-refractivity contribution in [2.75, 3.05) is 0 Å². The van der Waals surface area contributed by atoms with Gasteiger partial charge in [-0.05, 0) is 46.3 Å². The predicted octanol–water partition coefficient (Wildman–Crippen LogP) is 3.66. The summed E-state index contributed by atoms with van der Waals surface area (Å²) in [6, 6.07) is 16.7. The molecule has 0 saturated carbocycles. The van der Waals surface area contributed by atoms with Crippen molar-refractivity contribution in [1.29, 1.82) is 0 Å². The Labute approximate surface area is 124 Å². The number of hydrogen-bond donors (Lipinski definition) is 0. The topological polar surface area (TPSA) is 34.9 Å². The zero-order valence-corrected chi connectivity index (χ0v) is 12.1. The van der Waals surface area contributed by atoms with Gasteiger partial charge >= 0.3 is 0 Å². The van der Waals surface area contributed by atoms with E-state index in [0.29, 0.717) is 0 Å². The number of nitrogens with zero attached hydrogens (tertiary/aromatic N) is 2. The first kappa shape index (κ1) is 12.8. The molecular weight excluding hydrogens is 316 g/mol. The molecule has 0 aliphatic rings. The molecule has 98 valence electrons. The lowest BCUT2D eigenvalue weighted by Crippen LogP contribution is -2.16. The van der Waals surface area contributed by atoms with Crippen LogP contribution in [0.15, 0.2) is 76.3 Å². The third kappa shape index (κ3) is 2.42. The summed E-state index contributed by atoms with van der Waals surface area (Å²) in [5.41, 5.74) is 2.49. The highest BCUT2D eigenvalue weighted by molar-refractivity contribution is 9.10. The molecule has 4 heteroatoms. The molecule has 20 heavy (non-hydrogen) atoms. The van der Waals surface area contributed by atoms with Crippen LogP contribution in [0.5, 0.6) is 0 Å². The molecule has 2 aromatic heterocycles. The summed E-state index contributed by atoms with van der Waals surface area (Å²) in [6.45, 7) is 0.